The van der Waals surface area contributed by atoms with Gasteiger partial charge in [0, 0.05) is 32.1 Å². The molecule has 1 aliphatic rings. The number of alkyl halides is 6. The fourth-order valence-electron chi connectivity index (χ4n) is 5.63. The third kappa shape index (κ3) is 6.73. The fraction of sp³-hybridized carbons (Fsp3) is 0.400. The Morgan fingerprint density at radius 1 is 0.956 bits per heavy atom. The van der Waals surface area contributed by atoms with Gasteiger partial charge < -0.3 is 15.7 Å². The molecule has 2 unspecified atom stereocenters. The number of nitrogens with two attached hydrogens (primary N) is 1. The number of halogens is 6. The number of likely N-dealkylation sites (tertiary alicyclic amines) is 1. The number of aliphatic hydroxyl groups is 1. The summed E-state index contributed by atoms with van der Waals surface area (Å²) >= 11 is 0. The lowest BCUT2D eigenvalue weighted by atomic mass is 9.90. The number of rotatable bonds is 7. The summed E-state index contributed by atoms with van der Waals surface area (Å²) in [6.45, 7) is -0.191. The number of piperidine rings is 1. The van der Waals surface area contributed by atoms with Gasteiger partial charge in [-0.25, -0.2) is 4.98 Å². The van der Waals surface area contributed by atoms with Crippen molar-refractivity contribution in [1.82, 2.24) is 24.2 Å². The van der Waals surface area contributed by atoms with E-state index < -0.39 is 47.8 Å². The van der Waals surface area contributed by atoms with Crippen LogP contribution in [0, 0.1) is 0 Å². The molecule has 2 atom stereocenters. The van der Waals surface area contributed by atoms with Gasteiger partial charge in [0.05, 0.1) is 30.1 Å². The number of amides is 1. The maximum atomic E-state index is 13.8. The second-order valence-electron chi connectivity index (χ2n) is 11.3. The summed E-state index contributed by atoms with van der Waals surface area (Å²) in [7, 11) is 1.55. The van der Waals surface area contributed by atoms with E-state index >= 15 is 0 Å². The van der Waals surface area contributed by atoms with Gasteiger partial charge in [0.1, 0.15) is 11.6 Å². The summed E-state index contributed by atoms with van der Waals surface area (Å²) in [6, 6.07) is 10.4. The van der Waals surface area contributed by atoms with E-state index in [1.54, 1.807) is 13.1 Å². The van der Waals surface area contributed by atoms with Crippen molar-refractivity contribution < 1.29 is 36.2 Å². The second kappa shape index (κ2) is 11.9. The molecule has 1 aliphatic heterocycles. The number of hydrogen-bond donors (Lipinski definition) is 2. The van der Waals surface area contributed by atoms with Gasteiger partial charge in [-0.3, -0.25) is 18.8 Å². The molecule has 240 valence electrons. The van der Waals surface area contributed by atoms with Gasteiger partial charge in [-0.15, -0.1) is 0 Å². The molecule has 0 bridgehead atoms. The van der Waals surface area contributed by atoms with Crippen LogP contribution < -0.4 is 11.3 Å². The molecule has 4 aromatic rings. The highest BCUT2D eigenvalue weighted by molar-refractivity contribution is 5.89. The third-order valence-corrected chi connectivity index (χ3v) is 8.20. The van der Waals surface area contributed by atoms with Crippen LogP contribution in [0.25, 0.3) is 22.3 Å². The number of carbonyl (C=O) groups excluding carboxylic acids is 1. The zero-order valence-corrected chi connectivity index (χ0v) is 24.0. The number of aromatic nitrogens is 4. The molecule has 0 saturated carbocycles. The molecule has 0 aliphatic carbocycles. The van der Waals surface area contributed by atoms with Gasteiger partial charge in [-0.1, -0.05) is 54.6 Å². The maximum absolute atomic E-state index is 13.8. The Morgan fingerprint density at radius 2 is 1.58 bits per heavy atom. The molecule has 45 heavy (non-hydrogen) atoms. The fourth-order valence-corrected chi connectivity index (χ4v) is 5.63. The molecule has 3 N–H and O–H groups in total. The van der Waals surface area contributed by atoms with E-state index in [4.69, 9.17) is 5.73 Å². The highest BCUT2D eigenvalue weighted by atomic mass is 19.4. The topological polar surface area (TPSA) is 119 Å². The first-order chi connectivity index (χ1) is 21.1. The Kier molecular flexibility index (Phi) is 8.53. The van der Waals surface area contributed by atoms with Crippen LogP contribution in [0.5, 0.6) is 0 Å². The normalized spacial score (nSPS) is 17.0. The summed E-state index contributed by atoms with van der Waals surface area (Å²) in [4.78, 5) is 31.8. The van der Waals surface area contributed by atoms with Crippen LogP contribution in [-0.2, 0) is 18.4 Å². The van der Waals surface area contributed by atoms with Crippen LogP contribution >= 0.6 is 0 Å². The Bertz CT molecular complexity index is 1730. The van der Waals surface area contributed by atoms with Crippen LogP contribution in [0.3, 0.4) is 0 Å². The molecule has 5 rings (SSSR count). The molecule has 9 nitrogen and oxygen atoms in total. The van der Waals surface area contributed by atoms with Crippen LogP contribution in [0.2, 0.25) is 0 Å². The summed E-state index contributed by atoms with van der Waals surface area (Å²) < 4.78 is 82.8. The maximum Gasteiger partial charge on any atom is 0.407 e. The average Bonchev–Trinajstić information content (AvgIpc) is 3.33. The van der Waals surface area contributed by atoms with Crippen molar-refractivity contribution in [3.05, 3.63) is 82.4 Å². The molecule has 0 radical (unpaired) electrons. The Hall–Kier alpha value is -4.24. The third-order valence-electron chi connectivity index (χ3n) is 8.20. The lowest BCUT2D eigenvalue weighted by Gasteiger charge is -2.39. The van der Waals surface area contributed by atoms with Crippen LogP contribution in [0.15, 0.2) is 65.7 Å². The first-order valence-corrected chi connectivity index (χ1v) is 14.0. The summed E-state index contributed by atoms with van der Waals surface area (Å²) in [5, 5.41) is 15.5. The summed E-state index contributed by atoms with van der Waals surface area (Å²) in [5.74, 6) is -2.64. The molecule has 2 aromatic carbocycles. The minimum atomic E-state index is -4.62. The molecule has 3 heterocycles. The lowest BCUT2D eigenvalue weighted by Crippen LogP contribution is -2.50. The van der Waals surface area contributed by atoms with Crippen molar-refractivity contribution >= 4 is 16.9 Å². The Balaban J connectivity index is 1.29. The minimum Gasteiger partial charge on any atom is -0.388 e. The van der Waals surface area contributed by atoms with Gasteiger partial charge >= 0.3 is 12.4 Å². The minimum absolute atomic E-state index is 0.000843. The van der Waals surface area contributed by atoms with E-state index in [0.717, 1.165) is 0 Å². The van der Waals surface area contributed by atoms with Crippen molar-refractivity contribution in [3.63, 3.8) is 0 Å². The summed E-state index contributed by atoms with van der Waals surface area (Å²) in [5.41, 5.74) is 4.16. The predicted octanol–water partition coefficient (Wildman–Crippen LogP) is 4.45. The quantitative estimate of drug-likeness (QED) is 0.290. The van der Waals surface area contributed by atoms with E-state index in [-0.39, 0.29) is 54.6 Å². The Morgan fingerprint density at radius 3 is 2.16 bits per heavy atom. The standard InChI is InChI=1S/C30H30F6N6O3/c1-40-25(19-7-9-20(10-8-19)26(37)30(34,35)36)23-24(39-40)27(44)42(17-38-23)16-28(45)11-13-41(14-12-28)22(43)15-21(29(31,32)33)18-5-3-2-4-6-18/h2-10,17,21,26,45H,11-16,37H2,1H3. The van der Waals surface area contributed by atoms with E-state index in [9.17, 15) is 41.0 Å². The van der Waals surface area contributed by atoms with Gasteiger partial charge in [-0.05, 0) is 24.0 Å². The molecule has 1 amide bonds. The van der Waals surface area contributed by atoms with Crippen LogP contribution in [-0.4, -0.2) is 66.3 Å². The van der Waals surface area contributed by atoms with Crippen LogP contribution in [0.4, 0.5) is 26.3 Å². The van der Waals surface area contributed by atoms with E-state index in [0.29, 0.717) is 11.3 Å². The smallest absolute Gasteiger partial charge is 0.388 e. The van der Waals surface area contributed by atoms with E-state index in [2.05, 4.69) is 10.1 Å². The van der Waals surface area contributed by atoms with E-state index in [1.165, 1.54) is 69.0 Å². The zero-order chi connectivity index (χ0) is 32.7. The largest absolute Gasteiger partial charge is 0.407 e. The molecule has 1 saturated heterocycles. The number of benzene rings is 2. The molecular weight excluding hydrogens is 606 g/mol. The molecule has 2 aromatic heterocycles. The highest BCUT2D eigenvalue weighted by Gasteiger charge is 2.43. The van der Waals surface area contributed by atoms with E-state index in [1.807, 2.05) is 0 Å². The van der Waals surface area contributed by atoms with Crippen molar-refractivity contribution in [3.8, 4) is 11.3 Å². The predicted molar refractivity (Wildman–Crippen MR) is 152 cm³/mol. The second-order valence-corrected chi connectivity index (χ2v) is 11.3. The van der Waals surface area contributed by atoms with Crippen LogP contribution in [0.1, 0.15) is 42.3 Å². The molecule has 15 heteroatoms. The average molecular weight is 637 g/mol. The number of fused-ring (bicyclic) bond motifs is 1. The number of carbonyl (C=O) groups is 1. The zero-order valence-electron chi connectivity index (χ0n) is 24.0. The van der Waals surface area contributed by atoms with Crippen molar-refractivity contribution in [2.75, 3.05) is 13.1 Å². The van der Waals surface area contributed by atoms with Crippen molar-refractivity contribution in [2.24, 2.45) is 12.8 Å². The van der Waals surface area contributed by atoms with Gasteiger partial charge in [0.2, 0.25) is 5.91 Å². The monoisotopic (exact) mass is 636 g/mol. The first-order valence-electron chi connectivity index (χ1n) is 14.0. The first kappa shape index (κ1) is 32.2. The molecule has 1 fully saturated rings. The Labute approximate surface area is 252 Å². The lowest BCUT2D eigenvalue weighted by molar-refractivity contribution is -0.162. The highest BCUT2D eigenvalue weighted by Crippen LogP contribution is 2.38. The number of hydrogen-bond acceptors (Lipinski definition) is 6. The van der Waals surface area contributed by atoms with Gasteiger partial charge in [-0.2, -0.15) is 31.4 Å². The molecule has 0 spiro atoms. The number of aryl methyl sites for hydroxylation is 1. The van der Waals surface area contributed by atoms with Gasteiger partial charge in [0.15, 0.2) is 5.52 Å². The summed E-state index contributed by atoms with van der Waals surface area (Å²) in [6.07, 6.45) is -8.72. The van der Waals surface area contributed by atoms with Crippen molar-refractivity contribution in [2.45, 2.75) is 55.7 Å². The SMILES string of the molecule is Cn1nc2c(=O)n(CC3(O)CCN(C(=O)CC(c4ccccc4)C(F)(F)F)CC3)cnc2c1-c1ccc(C(N)C(F)(F)F)cc1. The van der Waals surface area contributed by atoms with Gasteiger partial charge in [0.25, 0.3) is 5.56 Å². The van der Waals surface area contributed by atoms with Crippen molar-refractivity contribution in [1.29, 1.82) is 0 Å². The number of nitrogens with zero attached hydrogens (tertiary/aromatic N) is 5. The molecular formula is C30H30F6N6O3.